The molecule has 3 nitrogen and oxygen atoms in total. The monoisotopic (exact) mass is 725 g/mol. The standard InChI is InChI=1S/C54H35N3/c1-3-17-43-36(13-1)15-11-21-45(43)53-47-19-5-6-20-48(47)54(46-22-12-16-37-14-2-4-18-44(37)46)50-35-41(28-30-49(50)53)38-25-26-40-34-42(29-27-39(40)33-38)57(51-23-7-9-31-55-51)52-24-8-10-32-56-52/h1-35H. The van der Waals surface area contributed by atoms with Gasteiger partial charge in [-0.25, -0.2) is 9.97 Å². The summed E-state index contributed by atoms with van der Waals surface area (Å²) in [4.78, 5) is 11.5. The highest BCUT2D eigenvalue weighted by molar-refractivity contribution is 6.25. The van der Waals surface area contributed by atoms with Crippen LogP contribution in [0.1, 0.15) is 0 Å². The lowest BCUT2D eigenvalue weighted by molar-refractivity contribution is 1.13. The quantitative estimate of drug-likeness (QED) is 0.160. The van der Waals surface area contributed by atoms with Gasteiger partial charge in [0, 0.05) is 18.1 Å². The van der Waals surface area contributed by atoms with E-state index in [2.05, 4.69) is 179 Å². The molecule has 0 fully saturated rings. The van der Waals surface area contributed by atoms with E-state index in [1.165, 1.54) is 81.9 Å². The van der Waals surface area contributed by atoms with E-state index in [1.54, 1.807) is 0 Å². The van der Waals surface area contributed by atoms with Crippen LogP contribution in [0, 0.1) is 0 Å². The number of nitrogens with zero attached hydrogens (tertiary/aromatic N) is 3. The molecule has 0 aliphatic rings. The number of anilines is 3. The summed E-state index contributed by atoms with van der Waals surface area (Å²) in [7, 11) is 0. The fraction of sp³-hybridized carbons (Fsp3) is 0. The molecule has 57 heavy (non-hydrogen) atoms. The lowest BCUT2D eigenvalue weighted by Gasteiger charge is -2.23. The van der Waals surface area contributed by atoms with Gasteiger partial charge in [0.15, 0.2) is 0 Å². The predicted octanol–water partition coefficient (Wildman–Crippen LogP) is 14.7. The van der Waals surface area contributed by atoms with Crippen LogP contribution in [0.4, 0.5) is 17.3 Å². The van der Waals surface area contributed by atoms with E-state index in [-0.39, 0.29) is 0 Å². The largest absolute Gasteiger partial charge is 0.279 e. The number of hydrogen-bond acceptors (Lipinski definition) is 3. The van der Waals surface area contributed by atoms with E-state index in [9.17, 15) is 0 Å². The van der Waals surface area contributed by atoms with Crippen molar-refractivity contribution in [1.82, 2.24) is 9.97 Å². The molecule has 0 radical (unpaired) electrons. The van der Waals surface area contributed by atoms with Crippen LogP contribution in [0.25, 0.3) is 87.2 Å². The molecule has 0 saturated heterocycles. The second-order valence-corrected chi connectivity index (χ2v) is 14.6. The first-order valence-electron chi connectivity index (χ1n) is 19.4. The van der Waals surface area contributed by atoms with E-state index in [1.807, 2.05) is 48.8 Å². The number of benzene rings is 9. The third kappa shape index (κ3) is 5.60. The highest BCUT2D eigenvalue weighted by Gasteiger charge is 2.20. The van der Waals surface area contributed by atoms with Crippen LogP contribution in [0.5, 0.6) is 0 Å². The maximum Gasteiger partial charge on any atom is 0.138 e. The molecule has 2 heterocycles. The first kappa shape index (κ1) is 32.8. The van der Waals surface area contributed by atoms with Gasteiger partial charge >= 0.3 is 0 Å². The number of fused-ring (bicyclic) bond motifs is 5. The summed E-state index contributed by atoms with van der Waals surface area (Å²) in [5.74, 6) is 1.64. The van der Waals surface area contributed by atoms with Crippen molar-refractivity contribution in [2.24, 2.45) is 0 Å². The molecule has 266 valence electrons. The van der Waals surface area contributed by atoms with Crippen molar-refractivity contribution in [1.29, 1.82) is 0 Å². The van der Waals surface area contributed by atoms with Crippen LogP contribution in [0.15, 0.2) is 213 Å². The summed E-state index contributed by atoms with van der Waals surface area (Å²) < 4.78 is 0. The minimum absolute atomic E-state index is 0.820. The van der Waals surface area contributed by atoms with Gasteiger partial charge in [-0.3, -0.25) is 4.90 Å². The van der Waals surface area contributed by atoms with Gasteiger partial charge in [0.1, 0.15) is 11.6 Å². The lowest BCUT2D eigenvalue weighted by atomic mass is 9.83. The Kier molecular flexibility index (Phi) is 7.82. The first-order valence-corrected chi connectivity index (χ1v) is 19.4. The van der Waals surface area contributed by atoms with Crippen molar-refractivity contribution in [2.45, 2.75) is 0 Å². The van der Waals surface area contributed by atoms with Gasteiger partial charge in [-0.05, 0) is 136 Å². The number of rotatable bonds is 6. The molecule has 2 aromatic heterocycles. The molecule has 0 aliphatic carbocycles. The molecule has 0 spiro atoms. The summed E-state index contributed by atoms with van der Waals surface area (Å²) >= 11 is 0. The topological polar surface area (TPSA) is 29.0 Å². The van der Waals surface area contributed by atoms with Crippen molar-refractivity contribution in [3.05, 3.63) is 213 Å². The molecule has 0 saturated carbocycles. The van der Waals surface area contributed by atoms with Crippen molar-refractivity contribution >= 4 is 71.2 Å². The van der Waals surface area contributed by atoms with E-state index in [0.717, 1.165) is 22.7 Å². The first-order chi connectivity index (χ1) is 28.3. The molecule has 0 N–H and O–H groups in total. The molecule has 0 aliphatic heterocycles. The summed E-state index contributed by atoms with van der Waals surface area (Å²) in [6, 6.07) is 72.3. The van der Waals surface area contributed by atoms with Gasteiger partial charge in [0.25, 0.3) is 0 Å². The highest BCUT2D eigenvalue weighted by atomic mass is 15.2. The molecule has 0 atom stereocenters. The third-order valence-corrected chi connectivity index (χ3v) is 11.3. The van der Waals surface area contributed by atoms with Crippen molar-refractivity contribution in [3.8, 4) is 33.4 Å². The van der Waals surface area contributed by atoms with E-state index < -0.39 is 0 Å². The Bertz CT molecular complexity index is 3250. The Morgan fingerprint density at radius 3 is 1.39 bits per heavy atom. The SMILES string of the molecule is c1ccc(N(c2ccc3cc(-c4ccc5c(-c6cccc7ccccc67)c6ccccc6c(-c6cccc7ccccc67)c5c4)ccc3c2)c2ccccn2)nc1. The summed E-state index contributed by atoms with van der Waals surface area (Å²) in [5.41, 5.74) is 8.38. The average Bonchev–Trinajstić information content (AvgIpc) is 3.28. The van der Waals surface area contributed by atoms with Crippen molar-refractivity contribution in [3.63, 3.8) is 0 Å². The zero-order valence-corrected chi connectivity index (χ0v) is 31.0. The average molecular weight is 726 g/mol. The van der Waals surface area contributed by atoms with E-state index in [0.29, 0.717) is 0 Å². The Hall–Kier alpha value is -7.62. The Morgan fingerprint density at radius 2 is 0.772 bits per heavy atom. The lowest BCUT2D eigenvalue weighted by Crippen LogP contribution is -2.12. The van der Waals surface area contributed by atoms with Crippen LogP contribution in [0.3, 0.4) is 0 Å². The van der Waals surface area contributed by atoms with Crippen LogP contribution in [-0.2, 0) is 0 Å². The zero-order chi connectivity index (χ0) is 37.7. The second kappa shape index (κ2) is 13.6. The van der Waals surface area contributed by atoms with Gasteiger partial charge in [-0.2, -0.15) is 0 Å². The van der Waals surface area contributed by atoms with Crippen LogP contribution in [-0.4, -0.2) is 9.97 Å². The van der Waals surface area contributed by atoms with Gasteiger partial charge in [-0.1, -0.05) is 152 Å². The third-order valence-electron chi connectivity index (χ3n) is 11.3. The Morgan fingerprint density at radius 1 is 0.298 bits per heavy atom. The van der Waals surface area contributed by atoms with Crippen LogP contribution >= 0.6 is 0 Å². The molecule has 11 rings (SSSR count). The number of pyridine rings is 2. The Labute approximate surface area is 330 Å². The highest BCUT2D eigenvalue weighted by Crippen LogP contribution is 2.47. The maximum atomic E-state index is 4.68. The molecule has 0 unspecified atom stereocenters. The Balaban J connectivity index is 1.13. The van der Waals surface area contributed by atoms with Crippen molar-refractivity contribution < 1.29 is 0 Å². The van der Waals surface area contributed by atoms with E-state index in [4.69, 9.17) is 0 Å². The van der Waals surface area contributed by atoms with Gasteiger partial charge in [0.2, 0.25) is 0 Å². The minimum Gasteiger partial charge on any atom is -0.279 e. The fourth-order valence-electron chi connectivity index (χ4n) is 8.73. The van der Waals surface area contributed by atoms with Crippen LogP contribution < -0.4 is 4.90 Å². The smallest absolute Gasteiger partial charge is 0.138 e. The van der Waals surface area contributed by atoms with E-state index >= 15 is 0 Å². The summed E-state index contributed by atoms with van der Waals surface area (Å²) in [5, 5.41) is 12.3. The van der Waals surface area contributed by atoms with Crippen molar-refractivity contribution in [2.75, 3.05) is 4.90 Å². The fourth-order valence-corrected chi connectivity index (χ4v) is 8.73. The molecule has 11 aromatic rings. The van der Waals surface area contributed by atoms with Gasteiger partial charge < -0.3 is 0 Å². The molecule has 0 amide bonds. The maximum absolute atomic E-state index is 4.68. The van der Waals surface area contributed by atoms with Gasteiger partial charge in [0.05, 0.1) is 0 Å². The number of hydrogen-bond donors (Lipinski definition) is 0. The summed E-state index contributed by atoms with van der Waals surface area (Å²) in [6.07, 6.45) is 3.64. The zero-order valence-electron chi connectivity index (χ0n) is 31.0. The predicted molar refractivity (Wildman–Crippen MR) is 241 cm³/mol. The minimum atomic E-state index is 0.820. The molecule has 9 aromatic carbocycles. The molecule has 0 bridgehead atoms. The van der Waals surface area contributed by atoms with Crippen LogP contribution in [0.2, 0.25) is 0 Å². The molecular formula is C54H35N3. The van der Waals surface area contributed by atoms with Gasteiger partial charge in [-0.15, -0.1) is 0 Å². The molecular weight excluding hydrogens is 691 g/mol. The normalized spacial score (nSPS) is 11.5. The summed E-state index contributed by atoms with van der Waals surface area (Å²) in [6.45, 7) is 0. The number of aromatic nitrogens is 2. The second-order valence-electron chi connectivity index (χ2n) is 14.6. The molecule has 3 heteroatoms.